The highest BCUT2D eigenvalue weighted by atomic mass is 19.4. The molecule has 0 aromatic heterocycles. The SMILES string of the molecule is C[CH]OC/C=C(\C)C(F)(F)F. The number of hydrogen-bond donors (Lipinski definition) is 0. The second-order valence-corrected chi connectivity index (χ2v) is 1.95. The van der Waals surface area contributed by atoms with E-state index in [0.717, 1.165) is 13.0 Å². The predicted octanol–water partition coefficient (Wildman–Crippen LogP) is 2.69. The molecule has 0 atom stereocenters. The Labute approximate surface area is 63.8 Å². The quantitative estimate of drug-likeness (QED) is 0.463. The summed E-state index contributed by atoms with van der Waals surface area (Å²) in [4.78, 5) is 0. The lowest BCUT2D eigenvalue weighted by Crippen LogP contribution is -2.09. The maximum Gasteiger partial charge on any atom is 0.412 e. The van der Waals surface area contributed by atoms with Crippen LogP contribution in [-0.2, 0) is 4.74 Å². The molecule has 0 heterocycles. The third-order valence-corrected chi connectivity index (χ3v) is 1.10. The van der Waals surface area contributed by atoms with Gasteiger partial charge >= 0.3 is 6.18 Å². The summed E-state index contributed by atoms with van der Waals surface area (Å²) in [6, 6.07) is 0. The van der Waals surface area contributed by atoms with E-state index in [0.29, 0.717) is 0 Å². The van der Waals surface area contributed by atoms with E-state index < -0.39 is 11.7 Å². The van der Waals surface area contributed by atoms with Crippen molar-refractivity contribution in [3.8, 4) is 0 Å². The summed E-state index contributed by atoms with van der Waals surface area (Å²) >= 11 is 0. The molecule has 0 amide bonds. The van der Waals surface area contributed by atoms with Crippen LogP contribution in [-0.4, -0.2) is 12.8 Å². The number of rotatable bonds is 3. The number of halogens is 3. The van der Waals surface area contributed by atoms with E-state index in [1.54, 1.807) is 6.92 Å². The second-order valence-electron chi connectivity index (χ2n) is 1.95. The molecule has 0 aromatic carbocycles. The van der Waals surface area contributed by atoms with Crippen LogP contribution in [0.3, 0.4) is 0 Å². The minimum atomic E-state index is -4.23. The fraction of sp³-hybridized carbons (Fsp3) is 0.571. The molecule has 0 N–H and O–H groups in total. The van der Waals surface area contributed by atoms with Gasteiger partial charge in [0, 0.05) is 5.57 Å². The molecule has 0 saturated carbocycles. The van der Waals surface area contributed by atoms with Gasteiger partial charge in [0.1, 0.15) is 0 Å². The molecule has 1 radical (unpaired) electrons. The Bertz CT molecular complexity index is 137. The third kappa shape index (κ3) is 4.84. The van der Waals surface area contributed by atoms with Crippen LogP contribution in [0.15, 0.2) is 11.6 Å². The van der Waals surface area contributed by atoms with Crippen LogP contribution < -0.4 is 0 Å². The normalized spacial score (nSPS) is 13.7. The summed E-state index contributed by atoms with van der Waals surface area (Å²) < 4.78 is 39.8. The van der Waals surface area contributed by atoms with Crippen LogP contribution >= 0.6 is 0 Å². The van der Waals surface area contributed by atoms with Crippen LogP contribution in [0.5, 0.6) is 0 Å². The van der Waals surface area contributed by atoms with Crippen LogP contribution in [0.4, 0.5) is 13.2 Å². The Morgan fingerprint density at radius 1 is 1.45 bits per heavy atom. The summed E-state index contributed by atoms with van der Waals surface area (Å²) in [6.45, 7) is 3.94. The molecule has 65 valence electrons. The van der Waals surface area contributed by atoms with Gasteiger partial charge in [-0.15, -0.1) is 0 Å². The fourth-order valence-corrected chi connectivity index (χ4v) is 0.385. The van der Waals surface area contributed by atoms with Crippen LogP contribution in [0.2, 0.25) is 0 Å². The molecule has 0 unspecified atom stereocenters. The molecule has 0 aliphatic heterocycles. The molecule has 0 spiro atoms. The fourth-order valence-electron chi connectivity index (χ4n) is 0.385. The highest BCUT2D eigenvalue weighted by Crippen LogP contribution is 2.24. The van der Waals surface area contributed by atoms with Gasteiger partial charge in [0.25, 0.3) is 0 Å². The second kappa shape index (κ2) is 4.38. The molecule has 4 heteroatoms. The van der Waals surface area contributed by atoms with Crippen molar-refractivity contribution in [3.05, 3.63) is 18.3 Å². The minimum Gasteiger partial charge on any atom is -0.372 e. The van der Waals surface area contributed by atoms with Gasteiger partial charge in [-0.2, -0.15) is 13.2 Å². The van der Waals surface area contributed by atoms with Crippen molar-refractivity contribution in [2.45, 2.75) is 20.0 Å². The van der Waals surface area contributed by atoms with Crippen LogP contribution in [0, 0.1) is 6.61 Å². The average Bonchev–Trinajstić information content (AvgIpc) is 1.86. The lowest BCUT2D eigenvalue weighted by molar-refractivity contribution is -0.0918. The van der Waals surface area contributed by atoms with E-state index in [-0.39, 0.29) is 6.61 Å². The average molecular weight is 167 g/mol. The third-order valence-electron chi connectivity index (χ3n) is 1.10. The van der Waals surface area contributed by atoms with Gasteiger partial charge in [-0.05, 0) is 13.8 Å². The highest BCUT2D eigenvalue weighted by molar-refractivity contribution is 5.04. The first kappa shape index (κ1) is 10.5. The van der Waals surface area contributed by atoms with Crippen molar-refractivity contribution in [2.24, 2.45) is 0 Å². The van der Waals surface area contributed by atoms with Crippen molar-refractivity contribution >= 4 is 0 Å². The Morgan fingerprint density at radius 3 is 2.36 bits per heavy atom. The molecule has 0 bridgehead atoms. The molecule has 11 heavy (non-hydrogen) atoms. The summed E-state index contributed by atoms with van der Waals surface area (Å²) in [5, 5.41) is 0. The summed E-state index contributed by atoms with van der Waals surface area (Å²) in [7, 11) is 0. The molecule has 0 saturated heterocycles. The zero-order valence-corrected chi connectivity index (χ0v) is 6.40. The first-order valence-electron chi connectivity index (χ1n) is 3.12. The van der Waals surface area contributed by atoms with Crippen LogP contribution in [0.25, 0.3) is 0 Å². The number of hydrogen-bond acceptors (Lipinski definition) is 1. The number of allylic oxidation sites excluding steroid dienone is 1. The molecule has 1 nitrogen and oxygen atoms in total. The summed E-state index contributed by atoms with van der Waals surface area (Å²) in [5.41, 5.74) is -0.626. The van der Waals surface area contributed by atoms with Gasteiger partial charge in [0.2, 0.25) is 0 Å². The van der Waals surface area contributed by atoms with E-state index in [1.807, 2.05) is 0 Å². The lowest BCUT2D eigenvalue weighted by atomic mass is 10.3. The molecular weight excluding hydrogens is 157 g/mol. The number of ether oxygens (including phenoxy) is 1. The molecule has 0 aliphatic carbocycles. The topological polar surface area (TPSA) is 9.23 Å². The van der Waals surface area contributed by atoms with Gasteiger partial charge in [-0.1, -0.05) is 6.08 Å². The predicted molar refractivity (Wildman–Crippen MR) is 35.7 cm³/mol. The lowest BCUT2D eigenvalue weighted by Gasteiger charge is -2.05. The summed E-state index contributed by atoms with van der Waals surface area (Å²) in [6.07, 6.45) is -3.23. The molecule has 0 aromatic rings. The first-order chi connectivity index (χ1) is 4.98. The highest BCUT2D eigenvalue weighted by Gasteiger charge is 2.29. The van der Waals surface area contributed by atoms with E-state index in [4.69, 9.17) is 0 Å². The largest absolute Gasteiger partial charge is 0.412 e. The maximum atomic E-state index is 11.7. The molecular formula is C7H10F3O. The van der Waals surface area contributed by atoms with Crippen molar-refractivity contribution in [1.82, 2.24) is 0 Å². The van der Waals surface area contributed by atoms with E-state index >= 15 is 0 Å². The molecule has 0 rings (SSSR count). The van der Waals surface area contributed by atoms with E-state index in [1.165, 1.54) is 6.61 Å². The maximum absolute atomic E-state index is 11.7. The van der Waals surface area contributed by atoms with Gasteiger partial charge in [0.15, 0.2) is 0 Å². The first-order valence-corrected chi connectivity index (χ1v) is 3.12. The standard InChI is InChI=1S/C7H10F3O/c1-3-11-5-4-6(2)7(8,9)10/h3-4H,5H2,1-2H3/b6-4+. The summed E-state index contributed by atoms with van der Waals surface area (Å²) in [5.74, 6) is 0. The zero-order valence-electron chi connectivity index (χ0n) is 6.40. The van der Waals surface area contributed by atoms with Gasteiger partial charge in [-0.3, -0.25) is 0 Å². The monoisotopic (exact) mass is 167 g/mol. The Balaban J connectivity index is 3.81. The van der Waals surface area contributed by atoms with E-state index in [2.05, 4.69) is 4.74 Å². The Hall–Kier alpha value is -0.510. The van der Waals surface area contributed by atoms with Crippen molar-refractivity contribution in [1.29, 1.82) is 0 Å². The van der Waals surface area contributed by atoms with Gasteiger partial charge in [-0.25, -0.2) is 0 Å². The van der Waals surface area contributed by atoms with Gasteiger partial charge < -0.3 is 4.74 Å². The van der Waals surface area contributed by atoms with E-state index in [9.17, 15) is 13.2 Å². The molecule has 0 fully saturated rings. The molecule has 0 aliphatic rings. The Morgan fingerprint density at radius 2 is 2.00 bits per heavy atom. The van der Waals surface area contributed by atoms with Crippen molar-refractivity contribution in [2.75, 3.05) is 6.61 Å². The zero-order chi connectivity index (χ0) is 8.91. The van der Waals surface area contributed by atoms with Crippen LogP contribution in [0.1, 0.15) is 13.8 Å². The van der Waals surface area contributed by atoms with Gasteiger partial charge in [0.05, 0.1) is 13.2 Å². The number of alkyl halides is 3. The minimum absolute atomic E-state index is 0.0259. The smallest absolute Gasteiger partial charge is 0.372 e. The van der Waals surface area contributed by atoms with Crippen molar-refractivity contribution < 1.29 is 17.9 Å². The Kier molecular flexibility index (Phi) is 4.18. The van der Waals surface area contributed by atoms with Crippen molar-refractivity contribution in [3.63, 3.8) is 0 Å².